The van der Waals surface area contributed by atoms with Crippen molar-refractivity contribution in [1.29, 1.82) is 0 Å². The molecule has 0 aliphatic carbocycles. The lowest BCUT2D eigenvalue weighted by Gasteiger charge is -2.17. The maximum atomic E-state index is 5.72. The molecule has 20 heavy (non-hydrogen) atoms. The van der Waals surface area contributed by atoms with Gasteiger partial charge in [-0.05, 0) is 37.0 Å². The first-order valence-corrected chi connectivity index (χ1v) is 8.22. The van der Waals surface area contributed by atoms with Crippen LogP contribution in [-0.4, -0.2) is 0 Å². The average Bonchev–Trinajstić information content (AvgIpc) is 2.45. The molecule has 0 heterocycles. The summed E-state index contributed by atoms with van der Waals surface area (Å²) in [6.45, 7) is 6.58. The lowest BCUT2D eigenvalue weighted by molar-refractivity contribution is 0.475. The van der Waals surface area contributed by atoms with E-state index in [1.54, 1.807) is 0 Å². The third kappa shape index (κ3) is 6.06. The van der Waals surface area contributed by atoms with Crippen LogP contribution in [-0.2, 0) is 0 Å². The Labute approximate surface area is 125 Å². The number of nitrogens with two attached hydrogens (primary N) is 1. The minimum absolute atomic E-state index is 0.296. The summed E-state index contributed by atoms with van der Waals surface area (Å²) in [6, 6.07) is 6.96. The minimum Gasteiger partial charge on any atom is -0.271 e. The van der Waals surface area contributed by atoms with Crippen molar-refractivity contribution in [2.75, 3.05) is 0 Å². The van der Waals surface area contributed by atoms with Crippen molar-refractivity contribution in [1.82, 2.24) is 5.43 Å². The number of hydrazine groups is 1. The molecule has 1 atom stereocenters. The highest BCUT2D eigenvalue weighted by atomic mass is 15.2. The fourth-order valence-electron chi connectivity index (χ4n) is 2.63. The molecule has 1 aromatic rings. The van der Waals surface area contributed by atoms with Crippen LogP contribution in [0.2, 0.25) is 0 Å². The van der Waals surface area contributed by atoms with Gasteiger partial charge in [0.05, 0.1) is 0 Å². The molecule has 0 saturated heterocycles. The molecular formula is C18H32N2. The molecule has 2 heteroatoms. The molecule has 2 nitrogen and oxygen atoms in total. The van der Waals surface area contributed by atoms with Gasteiger partial charge in [-0.3, -0.25) is 11.3 Å². The number of rotatable bonds is 10. The highest BCUT2D eigenvalue weighted by Crippen LogP contribution is 2.22. The van der Waals surface area contributed by atoms with Crippen LogP contribution in [0.5, 0.6) is 0 Å². The molecule has 0 aromatic heterocycles. The summed E-state index contributed by atoms with van der Waals surface area (Å²) >= 11 is 0. The Morgan fingerprint density at radius 3 is 2.20 bits per heavy atom. The maximum absolute atomic E-state index is 5.72. The van der Waals surface area contributed by atoms with Gasteiger partial charge in [-0.15, -0.1) is 0 Å². The molecule has 1 rings (SSSR count). The zero-order valence-corrected chi connectivity index (χ0v) is 13.5. The quantitative estimate of drug-likeness (QED) is 0.360. The normalized spacial score (nSPS) is 12.6. The number of aryl methyl sites for hydroxylation is 2. The standard InChI is InChI=1S/C18H32N2/c1-4-5-6-7-8-9-10-11-18(20-19)17-13-12-15(2)16(3)14-17/h12-14,18,20H,4-11,19H2,1-3H3. The summed E-state index contributed by atoms with van der Waals surface area (Å²) in [5.41, 5.74) is 6.99. The van der Waals surface area contributed by atoms with Crippen LogP contribution in [0.3, 0.4) is 0 Å². The summed E-state index contributed by atoms with van der Waals surface area (Å²) in [5.74, 6) is 5.72. The molecule has 0 spiro atoms. The van der Waals surface area contributed by atoms with Gasteiger partial charge in [-0.2, -0.15) is 0 Å². The van der Waals surface area contributed by atoms with Crippen molar-refractivity contribution >= 4 is 0 Å². The monoisotopic (exact) mass is 276 g/mol. The van der Waals surface area contributed by atoms with Crippen molar-refractivity contribution in [2.45, 2.75) is 78.2 Å². The topological polar surface area (TPSA) is 38.0 Å². The Hall–Kier alpha value is -0.860. The predicted octanol–water partition coefficient (Wildman–Crippen LogP) is 4.95. The largest absolute Gasteiger partial charge is 0.271 e. The second-order valence-electron chi connectivity index (χ2n) is 5.97. The van der Waals surface area contributed by atoms with Crippen LogP contribution in [0.15, 0.2) is 18.2 Å². The van der Waals surface area contributed by atoms with E-state index in [0.717, 1.165) is 6.42 Å². The van der Waals surface area contributed by atoms with E-state index < -0.39 is 0 Å². The Balaban J connectivity index is 2.30. The van der Waals surface area contributed by atoms with E-state index in [0.29, 0.717) is 6.04 Å². The fraction of sp³-hybridized carbons (Fsp3) is 0.667. The molecule has 0 radical (unpaired) electrons. The number of unbranched alkanes of at least 4 members (excludes halogenated alkanes) is 6. The molecule has 0 bridgehead atoms. The SMILES string of the molecule is CCCCCCCCCC(NN)c1ccc(C)c(C)c1. The first-order chi connectivity index (χ1) is 9.69. The molecule has 0 saturated carbocycles. The lowest BCUT2D eigenvalue weighted by Crippen LogP contribution is -2.28. The highest BCUT2D eigenvalue weighted by molar-refractivity contribution is 5.31. The summed E-state index contributed by atoms with van der Waals surface area (Å²) < 4.78 is 0. The van der Waals surface area contributed by atoms with E-state index >= 15 is 0 Å². The first-order valence-electron chi connectivity index (χ1n) is 8.22. The van der Waals surface area contributed by atoms with Gasteiger partial charge in [0, 0.05) is 6.04 Å². The van der Waals surface area contributed by atoms with Crippen LogP contribution in [0.25, 0.3) is 0 Å². The smallest absolute Gasteiger partial charge is 0.0460 e. The number of hydrogen-bond donors (Lipinski definition) is 2. The number of hydrogen-bond acceptors (Lipinski definition) is 2. The molecule has 0 fully saturated rings. The second kappa shape index (κ2) is 9.95. The Kier molecular flexibility index (Phi) is 8.56. The van der Waals surface area contributed by atoms with E-state index in [9.17, 15) is 0 Å². The van der Waals surface area contributed by atoms with Crippen LogP contribution < -0.4 is 11.3 Å². The molecule has 3 N–H and O–H groups in total. The Morgan fingerprint density at radius 2 is 1.60 bits per heavy atom. The van der Waals surface area contributed by atoms with E-state index in [2.05, 4.69) is 44.4 Å². The van der Waals surface area contributed by atoms with Crippen molar-refractivity contribution in [3.8, 4) is 0 Å². The van der Waals surface area contributed by atoms with E-state index in [-0.39, 0.29) is 0 Å². The fourth-order valence-corrected chi connectivity index (χ4v) is 2.63. The molecule has 0 aliphatic heterocycles. The average molecular weight is 276 g/mol. The number of benzene rings is 1. The third-order valence-electron chi connectivity index (χ3n) is 4.23. The first kappa shape index (κ1) is 17.2. The third-order valence-corrected chi connectivity index (χ3v) is 4.23. The summed E-state index contributed by atoms with van der Waals surface area (Å²) in [5, 5.41) is 0. The Morgan fingerprint density at radius 1 is 0.950 bits per heavy atom. The molecule has 114 valence electrons. The van der Waals surface area contributed by atoms with Gasteiger partial charge in [0.15, 0.2) is 0 Å². The molecule has 1 unspecified atom stereocenters. The molecule has 0 aliphatic rings. The van der Waals surface area contributed by atoms with Crippen LogP contribution in [0.4, 0.5) is 0 Å². The van der Waals surface area contributed by atoms with Crippen LogP contribution >= 0.6 is 0 Å². The minimum atomic E-state index is 0.296. The van der Waals surface area contributed by atoms with Gasteiger partial charge in [0.2, 0.25) is 0 Å². The van der Waals surface area contributed by atoms with E-state index in [4.69, 9.17) is 5.84 Å². The molecule has 0 amide bonds. The van der Waals surface area contributed by atoms with Gasteiger partial charge in [-0.1, -0.05) is 70.1 Å². The van der Waals surface area contributed by atoms with E-state index in [1.165, 1.54) is 61.6 Å². The van der Waals surface area contributed by atoms with E-state index in [1.807, 2.05) is 0 Å². The van der Waals surface area contributed by atoms with Crippen molar-refractivity contribution in [2.24, 2.45) is 5.84 Å². The van der Waals surface area contributed by atoms with Crippen molar-refractivity contribution in [3.05, 3.63) is 34.9 Å². The zero-order chi connectivity index (χ0) is 14.8. The van der Waals surface area contributed by atoms with Crippen molar-refractivity contribution < 1.29 is 0 Å². The zero-order valence-electron chi connectivity index (χ0n) is 13.5. The van der Waals surface area contributed by atoms with Gasteiger partial charge in [-0.25, -0.2) is 0 Å². The van der Waals surface area contributed by atoms with Crippen molar-refractivity contribution in [3.63, 3.8) is 0 Å². The molecular weight excluding hydrogens is 244 g/mol. The summed E-state index contributed by atoms with van der Waals surface area (Å²) in [7, 11) is 0. The lowest BCUT2D eigenvalue weighted by atomic mass is 9.97. The summed E-state index contributed by atoms with van der Waals surface area (Å²) in [4.78, 5) is 0. The van der Waals surface area contributed by atoms with Gasteiger partial charge in [0.1, 0.15) is 0 Å². The van der Waals surface area contributed by atoms with Crippen LogP contribution in [0.1, 0.15) is 81.0 Å². The highest BCUT2D eigenvalue weighted by Gasteiger charge is 2.09. The van der Waals surface area contributed by atoms with Gasteiger partial charge in [0.25, 0.3) is 0 Å². The summed E-state index contributed by atoms with van der Waals surface area (Å²) in [6.07, 6.45) is 10.6. The van der Waals surface area contributed by atoms with Gasteiger partial charge < -0.3 is 0 Å². The maximum Gasteiger partial charge on any atom is 0.0460 e. The number of nitrogens with one attached hydrogen (secondary N) is 1. The van der Waals surface area contributed by atoms with Crippen LogP contribution in [0, 0.1) is 13.8 Å². The Bertz CT molecular complexity index is 374. The van der Waals surface area contributed by atoms with Gasteiger partial charge >= 0.3 is 0 Å². The second-order valence-corrected chi connectivity index (χ2v) is 5.97. The predicted molar refractivity (Wildman–Crippen MR) is 88.6 cm³/mol. The molecule has 1 aromatic carbocycles.